The number of non-ortho nitro benzene ring substituents is 1. The van der Waals surface area contributed by atoms with E-state index in [1.807, 2.05) is 30.3 Å². The third-order valence-electron chi connectivity index (χ3n) is 3.83. The van der Waals surface area contributed by atoms with Crippen molar-refractivity contribution in [1.29, 1.82) is 0 Å². The van der Waals surface area contributed by atoms with Crippen molar-refractivity contribution in [1.82, 2.24) is 4.98 Å². The summed E-state index contributed by atoms with van der Waals surface area (Å²) in [6.45, 7) is 1.90. The molecule has 0 fully saturated rings. The van der Waals surface area contributed by atoms with E-state index in [1.54, 1.807) is 13.0 Å². The molecular weight excluding hydrogens is 324 g/mol. The van der Waals surface area contributed by atoms with Crippen molar-refractivity contribution in [2.45, 2.75) is 6.92 Å². The van der Waals surface area contributed by atoms with Gasteiger partial charge in [-0.3, -0.25) is 10.1 Å². The molecule has 0 aliphatic carbocycles. The number of nitrogens with zero attached hydrogens (tertiary/aromatic N) is 1. The third-order valence-corrected chi connectivity index (χ3v) is 3.83. The zero-order valence-electron chi connectivity index (χ0n) is 13.7. The highest BCUT2D eigenvalue weighted by Gasteiger charge is 2.26. The van der Waals surface area contributed by atoms with Crippen LogP contribution in [0.2, 0.25) is 0 Å². The second kappa shape index (κ2) is 6.64. The van der Waals surface area contributed by atoms with E-state index in [2.05, 4.69) is 4.98 Å². The lowest BCUT2D eigenvalue weighted by Crippen LogP contribution is -2.06. The molecule has 0 amide bonds. The first-order chi connectivity index (χ1) is 12.1. The number of nitro benzene ring substituents is 1. The molecule has 7 heteroatoms. The molecule has 2 aromatic carbocycles. The maximum absolute atomic E-state index is 12.4. The van der Waals surface area contributed by atoms with Crippen molar-refractivity contribution in [2.24, 2.45) is 0 Å². The third kappa shape index (κ3) is 2.91. The minimum Gasteiger partial charge on any atom is -0.496 e. The molecule has 1 N–H and O–H groups in total. The Morgan fingerprint density at radius 3 is 2.56 bits per heavy atom. The number of methoxy groups -OCH3 is 1. The van der Waals surface area contributed by atoms with E-state index in [1.165, 1.54) is 13.2 Å². The van der Waals surface area contributed by atoms with Crippen LogP contribution in [0.1, 0.15) is 17.4 Å². The number of aromatic amines is 1. The van der Waals surface area contributed by atoms with E-state index < -0.39 is 10.9 Å². The van der Waals surface area contributed by atoms with Gasteiger partial charge in [-0.1, -0.05) is 30.3 Å². The first kappa shape index (κ1) is 16.5. The molecule has 1 heterocycles. The lowest BCUT2D eigenvalue weighted by molar-refractivity contribution is -0.383. The lowest BCUT2D eigenvalue weighted by atomic mass is 10.0. The maximum atomic E-state index is 12.4. The monoisotopic (exact) mass is 340 g/mol. The Labute approximate surface area is 143 Å². The summed E-state index contributed by atoms with van der Waals surface area (Å²) in [5, 5.41) is 12.0. The summed E-state index contributed by atoms with van der Waals surface area (Å²) < 4.78 is 10.3. The molecule has 0 saturated carbocycles. The number of esters is 1. The highest BCUT2D eigenvalue weighted by molar-refractivity contribution is 6.10. The first-order valence-electron chi connectivity index (χ1n) is 7.67. The molecule has 0 atom stereocenters. The Kier molecular flexibility index (Phi) is 4.38. The van der Waals surface area contributed by atoms with Crippen molar-refractivity contribution in [3.63, 3.8) is 0 Å². The van der Waals surface area contributed by atoms with Gasteiger partial charge in [0.05, 0.1) is 24.7 Å². The average molecular weight is 340 g/mol. The first-order valence-corrected chi connectivity index (χ1v) is 7.67. The van der Waals surface area contributed by atoms with Crippen molar-refractivity contribution in [3.8, 4) is 16.9 Å². The Morgan fingerprint density at radius 2 is 1.96 bits per heavy atom. The van der Waals surface area contributed by atoms with Crippen molar-refractivity contribution >= 4 is 22.6 Å². The van der Waals surface area contributed by atoms with Crippen LogP contribution in [0.25, 0.3) is 22.0 Å². The van der Waals surface area contributed by atoms with Crippen LogP contribution < -0.4 is 4.74 Å². The Balaban J connectivity index is 2.40. The normalized spacial score (nSPS) is 10.6. The van der Waals surface area contributed by atoms with Crippen LogP contribution in [0.15, 0.2) is 42.5 Å². The molecule has 0 aliphatic heterocycles. The number of hydrogen-bond donors (Lipinski definition) is 1. The number of aromatic nitrogens is 1. The number of nitrogens with one attached hydrogen (secondary N) is 1. The molecule has 3 rings (SSSR count). The topological polar surface area (TPSA) is 94.5 Å². The summed E-state index contributed by atoms with van der Waals surface area (Å²) in [6, 6.07) is 12.2. The summed E-state index contributed by atoms with van der Waals surface area (Å²) in [6.07, 6.45) is 0. The molecule has 7 nitrogen and oxygen atoms in total. The van der Waals surface area contributed by atoms with Crippen molar-refractivity contribution in [2.75, 3.05) is 13.7 Å². The van der Waals surface area contributed by atoms with Gasteiger partial charge in [0.2, 0.25) is 0 Å². The number of benzene rings is 2. The van der Waals surface area contributed by atoms with Gasteiger partial charge < -0.3 is 14.5 Å². The van der Waals surface area contributed by atoms with Crippen LogP contribution in [0.4, 0.5) is 5.69 Å². The number of rotatable bonds is 5. The predicted octanol–water partition coefficient (Wildman–Crippen LogP) is 3.93. The summed E-state index contributed by atoms with van der Waals surface area (Å²) in [4.78, 5) is 26.2. The zero-order valence-corrected chi connectivity index (χ0v) is 13.7. The van der Waals surface area contributed by atoms with Crippen LogP contribution in [0.3, 0.4) is 0 Å². The van der Waals surface area contributed by atoms with Gasteiger partial charge in [-0.25, -0.2) is 4.79 Å². The number of ether oxygens (including phenoxy) is 2. The summed E-state index contributed by atoms with van der Waals surface area (Å²) in [5.41, 5.74) is 1.57. The lowest BCUT2D eigenvalue weighted by Gasteiger charge is -2.05. The number of carbonyl (C=O) groups excluding carboxylic acids is 1. The van der Waals surface area contributed by atoms with E-state index >= 15 is 0 Å². The largest absolute Gasteiger partial charge is 0.496 e. The van der Waals surface area contributed by atoms with E-state index in [4.69, 9.17) is 9.47 Å². The average Bonchev–Trinajstić information content (AvgIpc) is 3.01. The molecule has 0 bridgehead atoms. The molecule has 128 valence electrons. The van der Waals surface area contributed by atoms with Crippen LogP contribution in [0.5, 0.6) is 5.75 Å². The highest BCUT2D eigenvalue weighted by atomic mass is 16.6. The molecule has 0 radical (unpaired) electrons. The van der Waals surface area contributed by atoms with Gasteiger partial charge >= 0.3 is 5.97 Å². The Morgan fingerprint density at radius 1 is 1.24 bits per heavy atom. The molecule has 0 saturated heterocycles. The molecule has 0 spiro atoms. The van der Waals surface area contributed by atoms with Gasteiger partial charge in [0.25, 0.3) is 5.69 Å². The second-order valence-electron chi connectivity index (χ2n) is 5.29. The number of fused-ring (bicyclic) bond motifs is 1. The number of hydrogen-bond acceptors (Lipinski definition) is 5. The van der Waals surface area contributed by atoms with Crippen LogP contribution >= 0.6 is 0 Å². The van der Waals surface area contributed by atoms with Crippen LogP contribution in [-0.4, -0.2) is 29.6 Å². The van der Waals surface area contributed by atoms with Gasteiger partial charge in [0.15, 0.2) is 0 Å². The quantitative estimate of drug-likeness (QED) is 0.431. The molecule has 1 aromatic heterocycles. The van der Waals surface area contributed by atoms with Gasteiger partial charge in [-0.05, 0) is 18.6 Å². The number of H-pyrrole nitrogens is 1. The van der Waals surface area contributed by atoms with Gasteiger partial charge in [-0.2, -0.15) is 0 Å². The number of carbonyl (C=O) groups is 1. The minimum atomic E-state index is -0.564. The van der Waals surface area contributed by atoms with Gasteiger partial charge in [0, 0.05) is 10.9 Å². The second-order valence-corrected chi connectivity index (χ2v) is 5.29. The highest BCUT2D eigenvalue weighted by Crippen LogP contribution is 2.39. The summed E-state index contributed by atoms with van der Waals surface area (Å²) >= 11 is 0. The summed E-state index contributed by atoms with van der Waals surface area (Å²) in [5.74, 6) is -0.225. The van der Waals surface area contributed by atoms with Gasteiger partial charge in [0.1, 0.15) is 17.0 Å². The van der Waals surface area contributed by atoms with Crippen LogP contribution in [-0.2, 0) is 4.74 Å². The fraction of sp³-hybridized carbons (Fsp3) is 0.167. The fourth-order valence-electron chi connectivity index (χ4n) is 2.77. The SMILES string of the molecule is CCOC(=O)c1[nH]c2c([N+](=O)[O-])cc(OC)cc2c1-c1ccccc1. The molecule has 25 heavy (non-hydrogen) atoms. The minimum absolute atomic E-state index is 0.165. The fourth-order valence-corrected chi connectivity index (χ4v) is 2.77. The Bertz CT molecular complexity index is 947. The maximum Gasteiger partial charge on any atom is 0.355 e. The molecule has 3 aromatic rings. The number of nitro groups is 1. The van der Waals surface area contributed by atoms with Crippen molar-refractivity contribution in [3.05, 3.63) is 58.3 Å². The summed E-state index contributed by atoms with van der Waals surface area (Å²) in [7, 11) is 1.44. The molecule has 0 unspecified atom stereocenters. The van der Waals surface area contributed by atoms with Crippen molar-refractivity contribution < 1.29 is 19.2 Å². The molecular formula is C18H16N2O5. The van der Waals surface area contributed by atoms with E-state index in [0.717, 1.165) is 5.56 Å². The smallest absolute Gasteiger partial charge is 0.355 e. The van der Waals surface area contributed by atoms with E-state index in [9.17, 15) is 14.9 Å². The van der Waals surface area contributed by atoms with E-state index in [0.29, 0.717) is 16.7 Å². The standard InChI is InChI=1S/C18H16N2O5/c1-3-25-18(21)17-15(11-7-5-4-6-8-11)13-9-12(24-2)10-14(20(22)23)16(13)19-17/h4-10,19H,3H2,1-2H3. The van der Waals surface area contributed by atoms with E-state index in [-0.39, 0.29) is 23.5 Å². The molecule has 0 aliphatic rings. The predicted molar refractivity (Wildman–Crippen MR) is 92.9 cm³/mol. The van der Waals surface area contributed by atoms with Gasteiger partial charge in [-0.15, -0.1) is 0 Å². The Hall–Kier alpha value is -3.35. The van der Waals surface area contributed by atoms with Crippen LogP contribution in [0, 0.1) is 10.1 Å². The zero-order chi connectivity index (χ0) is 18.0.